The van der Waals surface area contributed by atoms with E-state index >= 15 is 9.18 Å². The first kappa shape index (κ1) is 39.0. The molecule has 12 nitrogen and oxygen atoms in total. The average molecular weight is 791 g/mol. The number of anilines is 1. The summed E-state index contributed by atoms with van der Waals surface area (Å²) in [6.45, 7) is 6.28. The van der Waals surface area contributed by atoms with Gasteiger partial charge >= 0.3 is 0 Å². The number of carbonyl (C=O) groups is 3. The molecule has 5 atom stereocenters. The van der Waals surface area contributed by atoms with Gasteiger partial charge in [0, 0.05) is 28.4 Å². The number of nitrogens with two attached hydrogens (primary N) is 2. The molecule has 284 valence electrons. The first-order chi connectivity index (χ1) is 24.8. The number of ether oxygens (including phenoxy) is 1. The lowest BCUT2D eigenvalue weighted by Crippen LogP contribution is -2.63. The molecule has 0 bridgehead atoms. The van der Waals surface area contributed by atoms with Crippen LogP contribution in [0.4, 0.5) is 10.1 Å². The topological polar surface area (TPSA) is 195 Å². The summed E-state index contributed by atoms with van der Waals surface area (Å²) in [4.78, 5) is 45.9. The van der Waals surface area contributed by atoms with E-state index in [1.54, 1.807) is 29.2 Å². The number of halogens is 3. The van der Waals surface area contributed by atoms with Crippen molar-refractivity contribution in [2.24, 2.45) is 16.9 Å². The lowest BCUT2D eigenvalue weighted by Gasteiger charge is -2.51. The Hall–Kier alpha value is -3.66. The lowest BCUT2D eigenvalue weighted by molar-refractivity contribution is -0.133. The largest absolute Gasteiger partial charge is 0.368 e. The average Bonchev–Trinajstić information content (AvgIpc) is 3.53. The molecule has 3 amide bonds. The highest BCUT2D eigenvalue weighted by Gasteiger charge is 2.74. The zero-order valence-corrected chi connectivity index (χ0v) is 31.8. The Morgan fingerprint density at radius 2 is 1.68 bits per heavy atom. The van der Waals surface area contributed by atoms with Crippen molar-refractivity contribution in [1.82, 2.24) is 10.3 Å². The lowest BCUT2D eigenvalue weighted by atomic mass is 9.53. The Morgan fingerprint density at radius 1 is 1.02 bits per heavy atom. The number of hydrogen-bond donors (Lipinski definition) is 4. The van der Waals surface area contributed by atoms with E-state index in [1.165, 1.54) is 24.4 Å². The minimum absolute atomic E-state index is 0.00476. The van der Waals surface area contributed by atoms with Crippen molar-refractivity contribution in [2.75, 3.05) is 11.5 Å². The zero-order valence-electron chi connectivity index (χ0n) is 29.4. The van der Waals surface area contributed by atoms with Gasteiger partial charge in [0.15, 0.2) is 11.0 Å². The minimum Gasteiger partial charge on any atom is -0.368 e. The molecule has 6 N–H and O–H groups in total. The second-order valence-corrected chi connectivity index (χ2v) is 17.4. The van der Waals surface area contributed by atoms with Gasteiger partial charge in [-0.3, -0.25) is 24.3 Å². The summed E-state index contributed by atoms with van der Waals surface area (Å²) >= 11 is 12.7. The van der Waals surface area contributed by atoms with Crippen LogP contribution in [0.3, 0.4) is 0 Å². The van der Waals surface area contributed by atoms with E-state index in [-0.39, 0.29) is 33.5 Å². The minimum atomic E-state index is -4.02. The fourth-order valence-corrected chi connectivity index (χ4v) is 9.52. The summed E-state index contributed by atoms with van der Waals surface area (Å²) in [5.74, 6) is -3.37. The molecule has 2 aromatic carbocycles. The third kappa shape index (κ3) is 6.82. The van der Waals surface area contributed by atoms with E-state index in [0.29, 0.717) is 42.0 Å². The molecule has 53 heavy (non-hydrogen) atoms. The number of fused-ring (bicyclic) bond motifs is 3. The molecular formula is C37H42Cl2FN5O7S. The standard InChI is InChI=1S/C30H34Cl2FN5O4.C7H8O3S/c1-28(2)8-10-29(11-9-28)30(21(23(37-29)26(35)40)17-7-12-36-24(32)22(17)33)18-5-3-15(31)13-19(18)38(27(30)41)16-4-6-20(25(34)39)42-14-16;1-6-2-4-7(5-3-6)11(8,9)10/h3,5,7,12-13,16,20-21,23,37H,4,6,8-11,14H2,1-2H3,(H2,34,39)(H2,35,40);2-5H,1H3,(H,8,9,10)/t16-,20+,21?,23?,30?;/m1./s1. The van der Waals surface area contributed by atoms with Crippen molar-refractivity contribution in [3.05, 3.63) is 87.4 Å². The molecule has 0 radical (unpaired) electrons. The van der Waals surface area contributed by atoms with Crippen molar-refractivity contribution in [3.8, 4) is 0 Å². The van der Waals surface area contributed by atoms with Crippen LogP contribution < -0.4 is 21.7 Å². The number of benzene rings is 2. The van der Waals surface area contributed by atoms with E-state index in [4.69, 9.17) is 44.0 Å². The van der Waals surface area contributed by atoms with Crippen LogP contribution >= 0.6 is 23.2 Å². The predicted molar refractivity (Wildman–Crippen MR) is 197 cm³/mol. The van der Waals surface area contributed by atoms with Gasteiger partial charge in [-0.2, -0.15) is 8.42 Å². The van der Waals surface area contributed by atoms with Crippen LogP contribution in [-0.4, -0.2) is 66.0 Å². The first-order valence-electron chi connectivity index (χ1n) is 17.3. The molecule has 2 spiro atoms. The summed E-state index contributed by atoms with van der Waals surface area (Å²) in [6.07, 6.45) is 4.05. The third-order valence-electron chi connectivity index (χ3n) is 11.4. The number of hydrogen-bond acceptors (Lipinski definition) is 8. The van der Waals surface area contributed by atoms with E-state index in [9.17, 15) is 18.0 Å². The van der Waals surface area contributed by atoms with Gasteiger partial charge < -0.3 is 21.1 Å². The highest BCUT2D eigenvalue weighted by Crippen LogP contribution is 2.65. The van der Waals surface area contributed by atoms with Crippen molar-refractivity contribution < 1.29 is 36.5 Å². The van der Waals surface area contributed by atoms with Gasteiger partial charge in [-0.15, -0.1) is 0 Å². The molecular weight excluding hydrogens is 748 g/mol. The molecule has 4 aliphatic rings. The van der Waals surface area contributed by atoms with Crippen molar-refractivity contribution >= 4 is 56.7 Å². The highest BCUT2D eigenvalue weighted by atomic mass is 35.5. The molecule has 3 aromatic rings. The summed E-state index contributed by atoms with van der Waals surface area (Å²) in [6, 6.07) is 11.2. The number of aromatic nitrogens is 1. The highest BCUT2D eigenvalue weighted by molar-refractivity contribution is 7.85. The molecule has 3 aliphatic heterocycles. The third-order valence-corrected chi connectivity index (χ3v) is 12.8. The Labute approximate surface area is 317 Å². The van der Waals surface area contributed by atoms with Crippen LogP contribution in [0.1, 0.15) is 75.0 Å². The van der Waals surface area contributed by atoms with Gasteiger partial charge in [0.05, 0.1) is 23.6 Å². The fraction of sp³-hybridized carbons (Fsp3) is 0.459. The number of carbonyl (C=O) groups excluding carboxylic acids is 3. The number of aryl methyl sites for hydroxylation is 1. The predicted octanol–water partition coefficient (Wildman–Crippen LogP) is 4.97. The Balaban J connectivity index is 0.000000376. The molecule has 3 fully saturated rings. The van der Waals surface area contributed by atoms with Crippen molar-refractivity contribution in [3.63, 3.8) is 0 Å². The normalized spacial score (nSPS) is 27.3. The quantitative estimate of drug-likeness (QED) is 0.204. The van der Waals surface area contributed by atoms with E-state index < -0.39 is 62.8 Å². The summed E-state index contributed by atoms with van der Waals surface area (Å²) < 4.78 is 51.3. The second-order valence-electron chi connectivity index (χ2n) is 15.1. The van der Waals surface area contributed by atoms with Gasteiger partial charge in [0.1, 0.15) is 11.5 Å². The number of primary amides is 2. The molecule has 2 saturated heterocycles. The van der Waals surface area contributed by atoms with Gasteiger partial charge in [-0.1, -0.05) is 60.8 Å². The maximum Gasteiger partial charge on any atom is 0.294 e. The van der Waals surface area contributed by atoms with Crippen LogP contribution in [-0.2, 0) is 34.7 Å². The van der Waals surface area contributed by atoms with Crippen LogP contribution in [0.2, 0.25) is 10.2 Å². The summed E-state index contributed by atoms with van der Waals surface area (Å²) in [5, 5.41) is 3.59. The Kier molecular flexibility index (Phi) is 10.5. The van der Waals surface area contributed by atoms with Gasteiger partial charge in [0.25, 0.3) is 10.1 Å². The molecule has 1 aliphatic carbocycles. The zero-order chi connectivity index (χ0) is 38.7. The maximum absolute atomic E-state index is 16.0. The van der Waals surface area contributed by atoms with E-state index in [0.717, 1.165) is 18.4 Å². The number of pyridine rings is 1. The molecule has 16 heteroatoms. The summed E-state index contributed by atoms with van der Waals surface area (Å²) in [5.41, 5.74) is 11.4. The Morgan fingerprint density at radius 3 is 2.25 bits per heavy atom. The molecule has 3 unspecified atom stereocenters. The number of rotatable bonds is 5. The van der Waals surface area contributed by atoms with Crippen LogP contribution in [0.15, 0.2) is 59.6 Å². The molecule has 1 aromatic heterocycles. The maximum atomic E-state index is 16.0. The van der Waals surface area contributed by atoms with Gasteiger partial charge in [-0.05, 0) is 92.3 Å². The fourth-order valence-electron chi connectivity index (χ4n) is 8.71. The molecule has 7 rings (SSSR count). The van der Waals surface area contributed by atoms with E-state index in [2.05, 4.69) is 24.1 Å². The van der Waals surface area contributed by atoms with Crippen LogP contribution in [0, 0.1) is 18.2 Å². The summed E-state index contributed by atoms with van der Waals surface area (Å²) in [7, 11) is -4.02. The van der Waals surface area contributed by atoms with Crippen LogP contribution in [0.25, 0.3) is 0 Å². The van der Waals surface area contributed by atoms with Crippen molar-refractivity contribution in [1.29, 1.82) is 0 Å². The van der Waals surface area contributed by atoms with Crippen LogP contribution in [0.5, 0.6) is 0 Å². The molecule has 4 heterocycles. The van der Waals surface area contributed by atoms with Gasteiger partial charge in [-0.25, -0.2) is 9.37 Å². The smallest absolute Gasteiger partial charge is 0.294 e. The molecule has 1 saturated carbocycles. The van der Waals surface area contributed by atoms with E-state index in [1.807, 2.05) is 13.0 Å². The number of amides is 3. The van der Waals surface area contributed by atoms with Crippen molar-refractivity contribution in [2.45, 2.75) is 99.3 Å². The monoisotopic (exact) mass is 789 g/mol. The second kappa shape index (κ2) is 14.2. The Bertz CT molecular complexity index is 2050. The number of nitrogens with zero attached hydrogens (tertiary/aromatic N) is 2. The van der Waals surface area contributed by atoms with Gasteiger partial charge in [0.2, 0.25) is 17.7 Å². The number of nitrogens with one attached hydrogen (secondary N) is 1. The first-order valence-corrected chi connectivity index (χ1v) is 19.5. The SMILES string of the molecule is CC1(C)CCC2(CC1)NC(C(N)=O)C(c1ccnc(Cl)c1F)C21C(=O)N([C@@H]2CC[C@@H](C(N)=O)OC2)c2cc(Cl)ccc21.Cc1ccc(S(=O)(=O)O)cc1.